The number of carbonyl (C=O) groups excluding carboxylic acids is 1. The van der Waals surface area contributed by atoms with Crippen molar-refractivity contribution in [3.63, 3.8) is 0 Å². The standard InChI is InChI=1S/C26H35N3O2/c1-25-11-9-20(30)14-18(25)5-7-21-22-8-6-19(26(22,2)12-10-23(21)25)16-28-29-24(31)17-4-3-13-27-15-17/h3-5,13,15-16,19-23,30H,6-12,14H2,1-2H3,(H,29,31)/b28-16+/t19-,20+,21+,22+,23+,25+,26-/m1/s1. The monoisotopic (exact) mass is 421 g/mol. The van der Waals surface area contributed by atoms with Crippen LogP contribution in [-0.2, 0) is 0 Å². The third-order valence-corrected chi connectivity index (χ3v) is 9.50. The summed E-state index contributed by atoms with van der Waals surface area (Å²) < 4.78 is 0. The average molecular weight is 422 g/mol. The first kappa shape index (κ1) is 20.9. The van der Waals surface area contributed by atoms with E-state index in [2.05, 4.69) is 35.4 Å². The van der Waals surface area contributed by atoms with Crippen LogP contribution < -0.4 is 5.43 Å². The molecule has 0 aromatic carbocycles. The number of hydrogen-bond acceptors (Lipinski definition) is 4. The second-order valence-electron chi connectivity index (χ2n) is 10.8. The SMILES string of the molecule is C[C@]12CC[C@H]3[C@@H](CC=C4C[C@@H](O)CC[C@@]43C)[C@@H]1CC[C@@H]2/C=N/NC(=O)c1cccnc1. The zero-order chi connectivity index (χ0) is 21.6. The molecule has 3 saturated carbocycles. The van der Waals surface area contributed by atoms with Crippen molar-refractivity contribution in [2.24, 2.45) is 39.6 Å². The Morgan fingerprint density at radius 3 is 2.90 bits per heavy atom. The van der Waals surface area contributed by atoms with Gasteiger partial charge in [0.1, 0.15) is 0 Å². The van der Waals surface area contributed by atoms with E-state index in [0.29, 0.717) is 11.5 Å². The van der Waals surface area contributed by atoms with Crippen LogP contribution in [0, 0.1) is 34.5 Å². The van der Waals surface area contributed by atoms with Gasteiger partial charge in [0.05, 0.1) is 11.7 Å². The van der Waals surface area contributed by atoms with Crippen LogP contribution >= 0.6 is 0 Å². The molecule has 7 atom stereocenters. The fourth-order valence-corrected chi connectivity index (χ4v) is 7.67. The lowest BCUT2D eigenvalue weighted by Gasteiger charge is -2.57. The first-order valence-electron chi connectivity index (χ1n) is 12.0. The van der Waals surface area contributed by atoms with E-state index in [0.717, 1.165) is 43.4 Å². The Labute approximate surface area is 185 Å². The predicted octanol–water partition coefficient (Wildman–Crippen LogP) is 4.74. The number of aromatic nitrogens is 1. The Bertz CT molecular complexity index is 897. The van der Waals surface area contributed by atoms with Crippen molar-refractivity contribution < 1.29 is 9.90 Å². The van der Waals surface area contributed by atoms with Crippen molar-refractivity contribution in [2.75, 3.05) is 0 Å². The normalized spacial score (nSPS) is 41.8. The van der Waals surface area contributed by atoms with E-state index in [-0.39, 0.29) is 22.8 Å². The van der Waals surface area contributed by atoms with E-state index >= 15 is 0 Å². The summed E-state index contributed by atoms with van der Waals surface area (Å²) in [6.45, 7) is 4.94. The van der Waals surface area contributed by atoms with Gasteiger partial charge in [0, 0.05) is 24.5 Å². The van der Waals surface area contributed by atoms with Crippen molar-refractivity contribution in [1.29, 1.82) is 0 Å². The molecule has 31 heavy (non-hydrogen) atoms. The van der Waals surface area contributed by atoms with Crippen LogP contribution in [0.1, 0.15) is 75.6 Å². The number of rotatable bonds is 3. The largest absolute Gasteiger partial charge is 0.393 e. The summed E-state index contributed by atoms with van der Waals surface area (Å²) >= 11 is 0. The number of nitrogens with zero attached hydrogens (tertiary/aromatic N) is 2. The molecule has 0 bridgehead atoms. The lowest BCUT2D eigenvalue weighted by molar-refractivity contribution is -0.0419. The van der Waals surface area contributed by atoms with Crippen molar-refractivity contribution >= 4 is 12.1 Å². The number of carbonyl (C=O) groups is 1. The molecular weight excluding hydrogens is 386 g/mol. The molecule has 1 heterocycles. The van der Waals surface area contributed by atoms with Gasteiger partial charge in [-0.3, -0.25) is 9.78 Å². The van der Waals surface area contributed by atoms with Gasteiger partial charge >= 0.3 is 0 Å². The van der Waals surface area contributed by atoms with E-state index in [1.54, 1.807) is 24.5 Å². The van der Waals surface area contributed by atoms with E-state index in [9.17, 15) is 9.90 Å². The molecular formula is C26H35N3O2. The maximum atomic E-state index is 12.3. The predicted molar refractivity (Wildman–Crippen MR) is 121 cm³/mol. The van der Waals surface area contributed by atoms with Crippen molar-refractivity contribution in [3.8, 4) is 0 Å². The molecule has 1 aromatic heterocycles. The van der Waals surface area contributed by atoms with Crippen LogP contribution in [0.5, 0.6) is 0 Å². The number of aliphatic hydroxyl groups is 1. The lowest BCUT2D eigenvalue weighted by Crippen LogP contribution is -2.50. The Kier molecular flexibility index (Phi) is 5.28. The number of allylic oxidation sites excluding steroid dienone is 1. The molecule has 5 heteroatoms. The smallest absolute Gasteiger partial charge is 0.272 e. The molecule has 1 aromatic rings. The molecule has 5 rings (SSSR count). The summed E-state index contributed by atoms with van der Waals surface area (Å²) in [6, 6.07) is 3.51. The Morgan fingerprint density at radius 1 is 1.23 bits per heavy atom. The summed E-state index contributed by atoms with van der Waals surface area (Å²) in [5.41, 5.74) is 5.31. The number of hydrogen-bond donors (Lipinski definition) is 2. The molecule has 0 radical (unpaired) electrons. The van der Waals surface area contributed by atoms with E-state index < -0.39 is 0 Å². The van der Waals surface area contributed by atoms with E-state index in [1.807, 2.05) is 6.21 Å². The number of aliphatic hydroxyl groups excluding tert-OH is 1. The van der Waals surface area contributed by atoms with Crippen LogP contribution in [0.3, 0.4) is 0 Å². The van der Waals surface area contributed by atoms with Gasteiger partial charge in [0.15, 0.2) is 0 Å². The zero-order valence-corrected chi connectivity index (χ0v) is 18.8. The van der Waals surface area contributed by atoms with Crippen LogP contribution in [0.25, 0.3) is 0 Å². The van der Waals surface area contributed by atoms with Gasteiger partial charge in [-0.1, -0.05) is 25.5 Å². The second-order valence-corrected chi connectivity index (χ2v) is 10.8. The Morgan fingerprint density at radius 2 is 2.10 bits per heavy atom. The van der Waals surface area contributed by atoms with Gasteiger partial charge < -0.3 is 5.11 Å². The molecule has 0 saturated heterocycles. The van der Waals surface area contributed by atoms with Gasteiger partial charge in [0.25, 0.3) is 5.91 Å². The first-order chi connectivity index (χ1) is 14.9. The third-order valence-electron chi connectivity index (χ3n) is 9.50. The van der Waals surface area contributed by atoms with Crippen LogP contribution in [0.4, 0.5) is 0 Å². The minimum Gasteiger partial charge on any atom is -0.393 e. The Hall–Kier alpha value is -2.01. The molecule has 2 N–H and O–H groups in total. The number of amides is 1. The van der Waals surface area contributed by atoms with Gasteiger partial charge in [0.2, 0.25) is 0 Å². The van der Waals surface area contributed by atoms with Crippen molar-refractivity contribution in [2.45, 2.75) is 71.3 Å². The molecule has 4 aliphatic rings. The fraction of sp³-hybridized carbons (Fsp3) is 0.654. The van der Waals surface area contributed by atoms with Crippen LogP contribution in [0.2, 0.25) is 0 Å². The first-order valence-corrected chi connectivity index (χ1v) is 12.0. The summed E-state index contributed by atoms with van der Waals surface area (Å²) in [7, 11) is 0. The topological polar surface area (TPSA) is 74.6 Å². The summed E-state index contributed by atoms with van der Waals surface area (Å²) in [6.07, 6.45) is 16.6. The highest BCUT2D eigenvalue weighted by Gasteiger charge is 2.58. The highest BCUT2D eigenvalue weighted by Crippen LogP contribution is 2.65. The van der Waals surface area contributed by atoms with Crippen LogP contribution in [-0.4, -0.2) is 28.3 Å². The minimum atomic E-state index is -0.204. The molecule has 0 spiro atoms. The molecule has 0 aliphatic heterocycles. The molecule has 0 unspecified atom stereocenters. The van der Waals surface area contributed by atoms with Gasteiger partial charge in [-0.05, 0) is 92.1 Å². The average Bonchev–Trinajstić information content (AvgIpc) is 3.11. The molecule has 3 fully saturated rings. The highest BCUT2D eigenvalue weighted by molar-refractivity contribution is 5.93. The zero-order valence-electron chi connectivity index (χ0n) is 18.8. The van der Waals surface area contributed by atoms with E-state index in [4.69, 9.17) is 0 Å². The third kappa shape index (κ3) is 3.45. The van der Waals surface area contributed by atoms with Gasteiger partial charge in [-0.15, -0.1) is 0 Å². The Balaban J connectivity index is 1.29. The summed E-state index contributed by atoms with van der Waals surface area (Å²) in [5.74, 6) is 2.42. The second kappa shape index (κ2) is 7.84. The van der Waals surface area contributed by atoms with Gasteiger partial charge in [-0.25, -0.2) is 5.43 Å². The van der Waals surface area contributed by atoms with Gasteiger partial charge in [-0.2, -0.15) is 5.10 Å². The highest BCUT2D eigenvalue weighted by atomic mass is 16.3. The molecule has 166 valence electrons. The number of pyridine rings is 1. The van der Waals surface area contributed by atoms with Crippen molar-refractivity contribution in [1.82, 2.24) is 10.4 Å². The van der Waals surface area contributed by atoms with Crippen LogP contribution in [0.15, 0.2) is 41.3 Å². The number of nitrogens with one attached hydrogen (secondary N) is 1. The summed E-state index contributed by atoms with van der Waals surface area (Å²) in [4.78, 5) is 16.3. The van der Waals surface area contributed by atoms with Crippen molar-refractivity contribution in [3.05, 3.63) is 41.7 Å². The maximum Gasteiger partial charge on any atom is 0.272 e. The minimum absolute atomic E-state index is 0.140. The molecule has 1 amide bonds. The number of hydrazone groups is 1. The summed E-state index contributed by atoms with van der Waals surface area (Å²) in [5, 5.41) is 14.6. The lowest BCUT2D eigenvalue weighted by atomic mass is 9.47. The fourth-order valence-electron chi connectivity index (χ4n) is 7.67. The molecule has 4 aliphatic carbocycles. The van der Waals surface area contributed by atoms with E-state index in [1.165, 1.54) is 31.3 Å². The number of fused-ring (bicyclic) bond motifs is 5. The quantitative estimate of drug-likeness (QED) is 0.421. The maximum absolute atomic E-state index is 12.3. The molecule has 5 nitrogen and oxygen atoms in total.